The minimum Gasteiger partial charge on any atom is -0.456 e. The molecule has 0 unspecified atom stereocenters. The summed E-state index contributed by atoms with van der Waals surface area (Å²) in [5.41, 5.74) is 8.94. The first-order chi connectivity index (χ1) is 13.8. The predicted octanol–water partition coefficient (Wildman–Crippen LogP) is 1.77. The van der Waals surface area contributed by atoms with E-state index in [9.17, 15) is 9.59 Å². The molecule has 3 aromatic rings. The summed E-state index contributed by atoms with van der Waals surface area (Å²) in [7, 11) is 0. The van der Waals surface area contributed by atoms with Crippen molar-refractivity contribution >= 4 is 35.2 Å². The third kappa shape index (κ3) is 5.20. The van der Waals surface area contributed by atoms with Gasteiger partial charge in [0, 0.05) is 29.4 Å². The molecule has 1 amide bonds. The summed E-state index contributed by atoms with van der Waals surface area (Å²) >= 11 is 5.82. The Morgan fingerprint density at radius 3 is 2.66 bits per heavy atom. The minimum absolute atomic E-state index is 0.115. The fraction of sp³-hybridized carbons (Fsp3) is 0.316. The zero-order valence-corrected chi connectivity index (χ0v) is 16.9. The Morgan fingerprint density at radius 1 is 1.21 bits per heavy atom. The first-order valence-electron chi connectivity index (χ1n) is 8.98. The molecule has 0 saturated carbocycles. The second kappa shape index (κ2) is 8.87. The van der Waals surface area contributed by atoms with E-state index in [0.29, 0.717) is 23.8 Å². The number of benzene rings is 1. The highest BCUT2D eigenvalue weighted by molar-refractivity contribution is 6.30. The molecule has 0 aliphatic carbocycles. The Hall–Kier alpha value is -3.20. The van der Waals surface area contributed by atoms with E-state index < -0.39 is 5.97 Å². The molecule has 3 N–H and O–H groups in total. The number of carbonyl (C=O) groups excluding carboxylic acids is 2. The van der Waals surface area contributed by atoms with Gasteiger partial charge in [-0.25, -0.2) is 4.98 Å². The van der Waals surface area contributed by atoms with Gasteiger partial charge < -0.3 is 15.8 Å². The van der Waals surface area contributed by atoms with E-state index in [1.54, 1.807) is 16.6 Å². The Labute approximate surface area is 172 Å². The van der Waals surface area contributed by atoms with Gasteiger partial charge in [0.25, 0.3) is 11.7 Å². The topological polar surface area (TPSA) is 124 Å². The molecule has 29 heavy (non-hydrogen) atoms. The highest BCUT2D eigenvalue weighted by Crippen LogP contribution is 2.16. The van der Waals surface area contributed by atoms with Gasteiger partial charge in [-0.15, -0.1) is 5.10 Å². The zero-order chi connectivity index (χ0) is 21.0. The maximum absolute atomic E-state index is 12.0. The average Bonchev–Trinajstić information content (AvgIpc) is 3.06. The summed E-state index contributed by atoms with van der Waals surface area (Å²) in [4.78, 5) is 32.3. The number of hydrogen-bond donors (Lipinski definition) is 2. The third-order valence-corrected chi connectivity index (χ3v) is 4.66. The number of fused-ring (bicyclic) bond motifs is 1. The normalized spacial score (nSPS) is 10.9. The van der Waals surface area contributed by atoms with Gasteiger partial charge >= 0.3 is 5.97 Å². The SMILES string of the molecule is Cc1nc2nc(N)nn2c(C)c1CCC(=O)OCC(=O)NCc1ccc(Cl)cc1. The molecule has 2 heterocycles. The number of aromatic nitrogens is 4. The first kappa shape index (κ1) is 20.5. The standard InChI is InChI=1S/C19H21ClN6O3/c1-11-15(12(2)26-19(23-11)24-18(21)25-26)7-8-17(28)29-10-16(27)22-9-13-3-5-14(20)6-4-13/h3-6H,7-10H2,1-2H3,(H2,21,25)(H,22,27). The van der Waals surface area contributed by atoms with Crippen LogP contribution in [0.2, 0.25) is 5.02 Å². The van der Waals surface area contributed by atoms with Crippen LogP contribution in [0.25, 0.3) is 5.78 Å². The number of hydrogen-bond acceptors (Lipinski definition) is 7. The molecular formula is C19H21ClN6O3. The molecule has 0 saturated heterocycles. The van der Waals surface area contributed by atoms with Crippen LogP contribution in [0.4, 0.5) is 5.95 Å². The van der Waals surface area contributed by atoms with Crippen LogP contribution >= 0.6 is 11.6 Å². The second-order valence-electron chi connectivity index (χ2n) is 6.51. The Bertz CT molecular complexity index is 1050. The molecule has 9 nitrogen and oxygen atoms in total. The lowest BCUT2D eigenvalue weighted by Crippen LogP contribution is -2.28. The molecule has 1 aromatic carbocycles. The fourth-order valence-electron chi connectivity index (χ4n) is 2.88. The van der Waals surface area contributed by atoms with Crippen molar-refractivity contribution < 1.29 is 14.3 Å². The summed E-state index contributed by atoms with van der Waals surface area (Å²) in [5.74, 6) is -0.284. The Balaban J connectivity index is 1.48. The van der Waals surface area contributed by atoms with Gasteiger partial charge in [-0.05, 0) is 43.5 Å². The number of ether oxygens (including phenoxy) is 1. The molecule has 0 aliphatic rings. The number of nitrogens with one attached hydrogen (secondary N) is 1. The van der Waals surface area contributed by atoms with Gasteiger partial charge in [0.1, 0.15) is 0 Å². The quantitative estimate of drug-likeness (QED) is 0.562. The van der Waals surface area contributed by atoms with Crippen molar-refractivity contribution in [3.05, 3.63) is 51.8 Å². The van der Waals surface area contributed by atoms with Crippen molar-refractivity contribution in [3.63, 3.8) is 0 Å². The minimum atomic E-state index is -0.469. The molecular weight excluding hydrogens is 396 g/mol. The third-order valence-electron chi connectivity index (χ3n) is 4.41. The smallest absolute Gasteiger partial charge is 0.306 e. The van der Waals surface area contributed by atoms with Gasteiger partial charge in [-0.1, -0.05) is 23.7 Å². The lowest BCUT2D eigenvalue weighted by atomic mass is 10.1. The molecule has 0 bridgehead atoms. The number of nitrogens with zero attached hydrogens (tertiary/aromatic N) is 4. The molecule has 0 radical (unpaired) electrons. The van der Waals surface area contributed by atoms with E-state index in [2.05, 4.69) is 20.4 Å². The van der Waals surface area contributed by atoms with Gasteiger partial charge in [0.15, 0.2) is 6.61 Å². The van der Waals surface area contributed by atoms with Crippen LogP contribution in [-0.2, 0) is 27.3 Å². The van der Waals surface area contributed by atoms with Gasteiger partial charge in [0.2, 0.25) is 5.95 Å². The maximum atomic E-state index is 12.0. The van der Waals surface area contributed by atoms with E-state index in [1.807, 2.05) is 26.0 Å². The summed E-state index contributed by atoms with van der Waals surface area (Å²) in [6, 6.07) is 7.11. The van der Waals surface area contributed by atoms with Crippen molar-refractivity contribution in [1.29, 1.82) is 0 Å². The van der Waals surface area contributed by atoms with Crippen molar-refractivity contribution in [2.45, 2.75) is 33.2 Å². The van der Waals surface area contributed by atoms with Crippen LogP contribution in [0.15, 0.2) is 24.3 Å². The number of nitrogens with two attached hydrogens (primary N) is 1. The molecule has 152 valence electrons. The maximum Gasteiger partial charge on any atom is 0.306 e. The summed E-state index contributed by atoms with van der Waals surface area (Å²) in [6.45, 7) is 3.70. The largest absolute Gasteiger partial charge is 0.456 e. The van der Waals surface area contributed by atoms with E-state index in [4.69, 9.17) is 22.1 Å². The number of aryl methyl sites for hydroxylation is 2. The fourth-order valence-corrected chi connectivity index (χ4v) is 3.01. The van der Waals surface area contributed by atoms with Crippen molar-refractivity contribution in [2.24, 2.45) is 0 Å². The molecule has 0 spiro atoms. The van der Waals surface area contributed by atoms with Crippen molar-refractivity contribution in [3.8, 4) is 0 Å². The van der Waals surface area contributed by atoms with Crippen LogP contribution in [0.1, 0.15) is 28.9 Å². The van der Waals surface area contributed by atoms with Gasteiger partial charge in [-0.2, -0.15) is 9.50 Å². The number of rotatable bonds is 7. The van der Waals surface area contributed by atoms with Crippen molar-refractivity contribution in [1.82, 2.24) is 24.9 Å². The van der Waals surface area contributed by atoms with Gasteiger partial charge in [0.05, 0.1) is 0 Å². The second-order valence-corrected chi connectivity index (χ2v) is 6.94. The van der Waals surface area contributed by atoms with Crippen LogP contribution < -0.4 is 11.1 Å². The molecule has 0 aliphatic heterocycles. The van der Waals surface area contributed by atoms with Gasteiger partial charge in [-0.3, -0.25) is 9.59 Å². The molecule has 2 aromatic heterocycles. The summed E-state index contributed by atoms with van der Waals surface area (Å²) in [6.07, 6.45) is 0.523. The van der Waals surface area contributed by atoms with E-state index in [-0.39, 0.29) is 24.9 Å². The number of carbonyl (C=O) groups is 2. The number of nitrogen functional groups attached to an aromatic ring is 1. The Kier molecular flexibility index (Phi) is 6.28. The molecule has 10 heteroatoms. The zero-order valence-electron chi connectivity index (χ0n) is 16.1. The number of halogens is 1. The predicted molar refractivity (Wildman–Crippen MR) is 107 cm³/mol. The summed E-state index contributed by atoms with van der Waals surface area (Å²) < 4.78 is 6.61. The lowest BCUT2D eigenvalue weighted by molar-refractivity contribution is -0.148. The van der Waals surface area contributed by atoms with Crippen LogP contribution in [0.5, 0.6) is 0 Å². The molecule has 3 rings (SSSR count). The number of esters is 1. The first-order valence-corrected chi connectivity index (χ1v) is 9.36. The number of anilines is 1. The average molecular weight is 417 g/mol. The lowest BCUT2D eigenvalue weighted by Gasteiger charge is -2.10. The van der Waals surface area contributed by atoms with E-state index >= 15 is 0 Å². The van der Waals surface area contributed by atoms with Crippen LogP contribution in [0, 0.1) is 13.8 Å². The van der Waals surface area contributed by atoms with Crippen molar-refractivity contribution in [2.75, 3.05) is 12.3 Å². The Morgan fingerprint density at radius 2 is 1.93 bits per heavy atom. The van der Waals surface area contributed by atoms with E-state index in [1.165, 1.54) is 0 Å². The number of amides is 1. The van der Waals surface area contributed by atoms with Crippen LogP contribution in [-0.4, -0.2) is 38.1 Å². The van der Waals surface area contributed by atoms with Crippen LogP contribution in [0.3, 0.4) is 0 Å². The molecule has 0 fully saturated rings. The summed E-state index contributed by atoms with van der Waals surface area (Å²) in [5, 5.41) is 7.41. The monoisotopic (exact) mass is 416 g/mol. The highest BCUT2D eigenvalue weighted by Gasteiger charge is 2.15. The highest BCUT2D eigenvalue weighted by atomic mass is 35.5. The van der Waals surface area contributed by atoms with E-state index in [0.717, 1.165) is 22.5 Å². The molecule has 0 atom stereocenters.